The summed E-state index contributed by atoms with van der Waals surface area (Å²) in [6.45, 7) is 0. The molecular formula is C18H18N2O2. The van der Waals surface area contributed by atoms with Crippen molar-refractivity contribution in [2.24, 2.45) is 4.99 Å². The Morgan fingerprint density at radius 3 is 2.27 bits per heavy atom. The van der Waals surface area contributed by atoms with E-state index in [-0.39, 0.29) is 6.42 Å². The van der Waals surface area contributed by atoms with Crippen LogP contribution in [0.3, 0.4) is 0 Å². The Bertz CT molecular complexity index is 649. The summed E-state index contributed by atoms with van der Waals surface area (Å²) in [4.78, 5) is 15.1. The molecule has 0 aromatic heterocycles. The van der Waals surface area contributed by atoms with Crippen LogP contribution in [0, 0.1) is 0 Å². The molecule has 0 saturated heterocycles. The number of hydrogen-bond acceptors (Lipinski definition) is 3. The molecule has 112 valence electrons. The number of allylic oxidation sites excluding steroid dienone is 1. The minimum atomic E-state index is -0.821. The van der Waals surface area contributed by atoms with Crippen molar-refractivity contribution in [2.75, 3.05) is 5.32 Å². The lowest BCUT2D eigenvalue weighted by Crippen LogP contribution is -1.99. The van der Waals surface area contributed by atoms with Crippen LogP contribution in [0.4, 0.5) is 11.4 Å². The van der Waals surface area contributed by atoms with Gasteiger partial charge in [-0.3, -0.25) is 9.79 Å². The van der Waals surface area contributed by atoms with Crippen molar-refractivity contribution in [1.82, 2.24) is 0 Å². The van der Waals surface area contributed by atoms with E-state index in [1.165, 1.54) is 0 Å². The molecule has 2 rings (SSSR count). The van der Waals surface area contributed by atoms with Crippen LogP contribution in [0.5, 0.6) is 0 Å². The molecule has 0 unspecified atom stereocenters. The van der Waals surface area contributed by atoms with Crippen LogP contribution in [0.2, 0.25) is 0 Å². The van der Waals surface area contributed by atoms with Crippen LogP contribution < -0.4 is 5.32 Å². The van der Waals surface area contributed by atoms with Crippen LogP contribution in [0.25, 0.3) is 0 Å². The van der Waals surface area contributed by atoms with Gasteiger partial charge in [-0.1, -0.05) is 36.4 Å². The van der Waals surface area contributed by atoms with E-state index in [0.717, 1.165) is 16.9 Å². The second kappa shape index (κ2) is 8.42. The Labute approximate surface area is 129 Å². The molecule has 0 spiro atoms. The average Bonchev–Trinajstić information content (AvgIpc) is 2.56. The Kier molecular flexibility index (Phi) is 5.93. The summed E-state index contributed by atoms with van der Waals surface area (Å²) in [5.41, 5.74) is 2.61. The van der Waals surface area contributed by atoms with Gasteiger partial charge in [-0.15, -0.1) is 0 Å². The number of anilines is 1. The molecule has 0 aliphatic rings. The van der Waals surface area contributed by atoms with Crippen molar-refractivity contribution < 1.29 is 9.90 Å². The average molecular weight is 294 g/mol. The van der Waals surface area contributed by atoms with Gasteiger partial charge in [-0.25, -0.2) is 0 Å². The molecule has 0 heterocycles. The third kappa shape index (κ3) is 5.63. The minimum Gasteiger partial charge on any atom is -0.481 e. The molecule has 0 bridgehead atoms. The minimum absolute atomic E-state index is 0.0725. The van der Waals surface area contributed by atoms with Gasteiger partial charge in [0, 0.05) is 24.5 Å². The fourth-order valence-corrected chi connectivity index (χ4v) is 1.81. The van der Waals surface area contributed by atoms with Gasteiger partial charge in [0.2, 0.25) is 0 Å². The van der Waals surface area contributed by atoms with Crippen LogP contribution in [0.15, 0.2) is 77.4 Å². The first-order chi connectivity index (χ1) is 10.7. The van der Waals surface area contributed by atoms with Crippen molar-refractivity contribution in [3.8, 4) is 0 Å². The summed E-state index contributed by atoms with van der Waals surface area (Å²) in [5, 5.41) is 12.0. The number of aliphatic carboxylic acids is 1. The summed E-state index contributed by atoms with van der Waals surface area (Å²) in [7, 11) is 0. The molecule has 0 saturated carbocycles. The Morgan fingerprint density at radius 2 is 1.64 bits per heavy atom. The lowest BCUT2D eigenvalue weighted by molar-refractivity contribution is -0.136. The van der Waals surface area contributed by atoms with Crippen LogP contribution in [-0.4, -0.2) is 17.3 Å². The van der Waals surface area contributed by atoms with Gasteiger partial charge in [0.1, 0.15) is 0 Å². The van der Waals surface area contributed by atoms with Gasteiger partial charge < -0.3 is 10.4 Å². The summed E-state index contributed by atoms with van der Waals surface area (Å²) in [5.74, 6) is -0.821. The van der Waals surface area contributed by atoms with Crippen molar-refractivity contribution in [2.45, 2.75) is 12.8 Å². The molecular weight excluding hydrogens is 276 g/mol. The van der Waals surface area contributed by atoms with E-state index in [9.17, 15) is 4.79 Å². The topological polar surface area (TPSA) is 61.7 Å². The van der Waals surface area contributed by atoms with E-state index < -0.39 is 5.97 Å². The Hall–Kier alpha value is -2.88. The van der Waals surface area contributed by atoms with E-state index in [1.807, 2.05) is 60.7 Å². The van der Waals surface area contributed by atoms with E-state index in [0.29, 0.717) is 6.42 Å². The second-order valence-corrected chi connectivity index (χ2v) is 4.72. The fraction of sp³-hybridized carbons (Fsp3) is 0.111. The van der Waals surface area contributed by atoms with Crippen LogP contribution in [0.1, 0.15) is 12.8 Å². The maximum atomic E-state index is 10.8. The SMILES string of the molecule is O=C(O)CCC(/C=N/c1ccccc1)=C\Nc1ccccc1. The number of hydrogen-bond donors (Lipinski definition) is 2. The highest BCUT2D eigenvalue weighted by atomic mass is 16.4. The third-order valence-electron chi connectivity index (χ3n) is 2.96. The number of carboxylic acid groups (broad SMARTS) is 1. The van der Waals surface area contributed by atoms with Crippen molar-refractivity contribution >= 4 is 23.6 Å². The molecule has 0 aliphatic heterocycles. The normalized spacial score (nSPS) is 11.5. The summed E-state index contributed by atoms with van der Waals surface area (Å²) in [6.07, 6.45) is 3.99. The predicted octanol–water partition coefficient (Wildman–Crippen LogP) is 4.25. The maximum Gasteiger partial charge on any atom is 0.303 e. The zero-order valence-electron chi connectivity index (χ0n) is 12.1. The molecule has 22 heavy (non-hydrogen) atoms. The number of carbonyl (C=O) groups is 1. The standard InChI is InChI=1S/C18H18N2O2/c21-18(22)12-11-15(13-19-16-7-3-1-4-8-16)14-20-17-9-5-2-6-10-17/h1-10,13-14,19H,11-12H2,(H,21,22)/b15-13+,20-14+. The monoisotopic (exact) mass is 294 g/mol. The van der Waals surface area contributed by atoms with Crippen LogP contribution in [-0.2, 0) is 4.79 Å². The van der Waals surface area contributed by atoms with Gasteiger partial charge >= 0.3 is 5.97 Å². The number of para-hydroxylation sites is 2. The molecule has 4 nitrogen and oxygen atoms in total. The van der Waals surface area contributed by atoms with Crippen molar-refractivity contribution in [3.05, 3.63) is 72.4 Å². The highest BCUT2D eigenvalue weighted by molar-refractivity contribution is 5.82. The fourth-order valence-electron chi connectivity index (χ4n) is 1.81. The van der Waals surface area contributed by atoms with Gasteiger partial charge in [-0.05, 0) is 36.3 Å². The molecule has 0 radical (unpaired) electrons. The van der Waals surface area contributed by atoms with Gasteiger partial charge in [0.05, 0.1) is 5.69 Å². The maximum absolute atomic E-state index is 10.8. The zero-order chi connectivity index (χ0) is 15.6. The third-order valence-corrected chi connectivity index (χ3v) is 2.96. The van der Waals surface area contributed by atoms with E-state index >= 15 is 0 Å². The molecule has 0 fully saturated rings. The Morgan fingerprint density at radius 1 is 1.00 bits per heavy atom. The molecule has 0 aliphatic carbocycles. The number of benzene rings is 2. The Balaban J connectivity index is 2.08. The second-order valence-electron chi connectivity index (χ2n) is 4.72. The smallest absolute Gasteiger partial charge is 0.303 e. The predicted molar refractivity (Wildman–Crippen MR) is 89.6 cm³/mol. The van der Waals surface area contributed by atoms with E-state index in [2.05, 4.69) is 10.3 Å². The number of nitrogens with one attached hydrogen (secondary N) is 1. The largest absolute Gasteiger partial charge is 0.481 e. The number of rotatable bonds is 7. The van der Waals surface area contributed by atoms with Gasteiger partial charge in [-0.2, -0.15) is 0 Å². The molecule has 2 N–H and O–H groups in total. The first-order valence-corrected chi connectivity index (χ1v) is 7.05. The van der Waals surface area contributed by atoms with Crippen LogP contribution >= 0.6 is 0 Å². The summed E-state index contributed by atoms with van der Waals surface area (Å²) in [6, 6.07) is 19.3. The van der Waals surface area contributed by atoms with E-state index in [1.54, 1.807) is 12.4 Å². The lowest BCUT2D eigenvalue weighted by Gasteiger charge is -2.03. The quantitative estimate of drug-likeness (QED) is 0.750. The molecule has 0 atom stereocenters. The highest BCUT2D eigenvalue weighted by Gasteiger charge is 2.00. The van der Waals surface area contributed by atoms with Crippen molar-refractivity contribution in [3.63, 3.8) is 0 Å². The van der Waals surface area contributed by atoms with Crippen molar-refractivity contribution in [1.29, 1.82) is 0 Å². The first-order valence-electron chi connectivity index (χ1n) is 7.05. The lowest BCUT2D eigenvalue weighted by atomic mass is 10.1. The zero-order valence-corrected chi connectivity index (χ0v) is 12.1. The molecule has 0 amide bonds. The highest BCUT2D eigenvalue weighted by Crippen LogP contribution is 2.12. The number of carboxylic acids is 1. The molecule has 2 aromatic carbocycles. The number of nitrogens with zero attached hydrogens (tertiary/aromatic N) is 1. The summed E-state index contributed by atoms with van der Waals surface area (Å²) >= 11 is 0. The number of aliphatic imine (C=N–C) groups is 1. The summed E-state index contributed by atoms with van der Waals surface area (Å²) < 4.78 is 0. The van der Waals surface area contributed by atoms with Gasteiger partial charge in [0.15, 0.2) is 0 Å². The molecule has 2 aromatic rings. The van der Waals surface area contributed by atoms with E-state index in [4.69, 9.17) is 5.11 Å². The molecule has 4 heteroatoms. The first kappa shape index (κ1) is 15.5. The van der Waals surface area contributed by atoms with Gasteiger partial charge in [0.25, 0.3) is 0 Å².